The van der Waals surface area contributed by atoms with Gasteiger partial charge in [0.05, 0.1) is 17.0 Å². The molecule has 1 unspecified atom stereocenters. The Kier molecular flexibility index (Phi) is 9.92. The molecule has 1 atom stereocenters. The monoisotopic (exact) mass is 573 g/mol. The fourth-order valence-electron chi connectivity index (χ4n) is 4.39. The van der Waals surface area contributed by atoms with E-state index in [0.717, 1.165) is 36.2 Å². The number of hydrogen-bond donors (Lipinski definition) is 1. The first kappa shape index (κ1) is 28.6. The quantitative estimate of drug-likeness (QED) is 0.418. The van der Waals surface area contributed by atoms with E-state index in [1.807, 2.05) is 0 Å². The van der Waals surface area contributed by atoms with E-state index in [4.69, 9.17) is 34.8 Å². The highest BCUT2D eigenvalue weighted by molar-refractivity contribution is 7.92. The Labute approximate surface area is 227 Å². The van der Waals surface area contributed by atoms with Crippen LogP contribution in [0.15, 0.2) is 42.5 Å². The number of hydrogen-bond acceptors (Lipinski definition) is 4. The fraction of sp³-hybridized carbons (Fsp3) is 0.440. The average Bonchev–Trinajstić information content (AvgIpc) is 3.32. The number of halogens is 3. The normalized spacial score (nSPS) is 14.9. The van der Waals surface area contributed by atoms with Crippen molar-refractivity contribution in [1.29, 1.82) is 0 Å². The summed E-state index contributed by atoms with van der Waals surface area (Å²) in [6.07, 6.45) is 5.18. The minimum atomic E-state index is -3.88. The summed E-state index contributed by atoms with van der Waals surface area (Å²) in [4.78, 5) is 28.4. The smallest absolute Gasteiger partial charge is 0.244 e. The molecule has 0 heterocycles. The topological polar surface area (TPSA) is 86.8 Å². The lowest BCUT2D eigenvalue weighted by molar-refractivity contribution is -0.140. The Morgan fingerprint density at radius 3 is 2.14 bits per heavy atom. The molecule has 0 bridgehead atoms. The van der Waals surface area contributed by atoms with Gasteiger partial charge in [0, 0.05) is 28.2 Å². The second-order valence-corrected chi connectivity index (χ2v) is 12.0. The van der Waals surface area contributed by atoms with E-state index in [1.165, 1.54) is 11.0 Å². The van der Waals surface area contributed by atoms with Crippen LogP contribution in [0.1, 0.15) is 44.6 Å². The summed E-state index contributed by atoms with van der Waals surface area (Å²) in [7, 11) is -3.88. The van der Waals surface area contributed by atoms with Crippen LogP contribution in [0.5, 0.6) is 0 Å². The van der Waals surface area contributed by atoms with Gasteiger partial charge in [0.2, 0.25) is 21.8 Å². The first-order chi connectivity index (χ1) is 17.0. The number of carbonyl (C=O) groups is 2. The van der Waals surface area contributed by atoms with Crippen molar-refractivity contribution in [1.82, 2.24) is 10.2 Å². The summed E-state index contributed by atoms with van der Waals surface area (Å²) in [5, 5.41) is 3.93. The maximum atomic E-state index is 13.8. The third-order valence-electron chi connectivity index (χ3n) is 6.28. The number of carbonyl (C=O) groups excluding carboxylic acids is 2. The van der Waals surface area contributed by atoms with Crippen molar-refractivity contribution in [3.63, 3.8) is 0 Å². The average molecular weight is 575 g/mol. The number of para-hydroxylation sites is 1. The van der Waals surface area contributed by atoms with Crippen LogP contribution in [0, 0.1) is 0 Å². The lowest BCUT2D eigenvalue weighted by Crippen LogP contribution is -2.53. The molecule has 1 N–H and O–H groups in total. The Morgan fingerprint density at radius 1 is 1.00 bits per heavy atom. The highest BCUT2D eigenvalue weighted by atomic mass is 35.5. The number of rotatable bonds is 10. The number of nitrogens with zero attached hydrogens (tertiary/aromatic N) is 2. The van der Waals surface area contributed by atoms with Crippen LogP contribution in [0.25, 0.3) is 0 Å². The standard InChI is InChI=1S/C25H30Cl3N3O4S/c1-3-22(25(33)29-17-9-4-5-10-17)30(15-18-19(26)12-8-13-20(18)27)24(32)16-31(36(2,34)35)23-14-7-6-11-21(23)28/h6-8,11-14,17,22H,3-5,9-10,15-16H2,1-2H3,(H,29,33). The van der Waals surface area contributed by atoms with Crippen LogP contribution in [0.4, 0.5) is 5.69 Å². The van der Waals surface area contributed by atoms with Gasteiger partial charge in [-0.2, -0.15) is 0 Å². The molecular formula is C25H30Cl3N3O4S. The van der Waals surface area contributed by atoms with E-state index >= 15 is 0 Å². The zero-order chi connectivity index (χ0) is 26.5. The van der Waals surface area contributed by atoms with Gasteiger partial charge in [-0.15, -0.1) is 0 Å². The maximum absolute atomic E-state index is 13.8. The highest BCUT2D eigenvalue weighted by Gasteiger charge is 2.34. The summed E-state index contributed by atoms with van der Waals surface area (Å²) in [5.41, 5.74) is 0.652. The van der Waals surface area contributed by atoms with Gasteiger partial charge in [-0.1, -0.05) is 72.8 Å². The molecular weight excluding hydrogens is 545 g/mol. The van der Waals surface area contributed by atoms with Gasteiger partial charge in [-0.05, 0) is 43.5 Å². The van der Waals surface area contributed by atoms with Crippen LogP contribution in [-0.4, -0.2) is 50.0 Å². The van der Waals surface area contributed by atoms with Crippen LogP contribution >= 0.6 is 34.8 Å². The molecule has 196 valence electrons. The molecule has 7 nitrogen and oxygen atoms in total. The minimum Gasteiger partial charge on any atom is -0.352 e. The van der Waals surface area contributed by atoms with Crippen molar-refractivity contribution in [2.45, 2.75) is 57.7 Å². The zero-order valence-corrected chi connectivity index (χ0v) is 23.3. The number of nitrogens with one attached hydrogen (secondary N) is 1. The highest BCUT2D eigenvalue weighted by Crippen LogP contribution is 2.30. The summed E-state index contributed by atoms with van der Waals surface area (Å²) < 4.78 is 26.3. The minimum absolute atomic E-state index is 0.0584. The van der Waals surface area contributed by atoms with E-state index in [-0.39, 0.29) is 29.2 Å². The molecule has 0 saturated heterocycles. The van der Waals surface area contributed by atoms with Crippen LogP contribution in [0.3, 0.4) is 0 Å². The molecule has 1 aliphatic rings. The Balaban J connectivity index is 1.98. The second-order valence-electron chi connectivity index (χ2n) is 8.86. The SMILES string of the molecule is CCC(C(=O)NC1CCCC1)N(Cc1c(Cl)cccc1Cl)C(=O)CN(c1ccccc1Cl)S(C)(=O)=O. The maximum Gasteiger partial charge on any atom is 0.244 e. The number of benzene rings is 2. The van der Waals surface area contributed by atoms with Crippen molar-refractivity contribution in [3.05, 3.63) is 63.1 Å². The third-order valence-corrected chi connectivity index (χ3v) is 8.43. The van der Waals surface area contributed by atoms with Crippen molar-refractivity contribution in [2.75, 3.05) is 17.1 Å². The lowest BCUT2D eigenvalue weighted by atomic mass is 10.1. The van der Waals surface area contributed by atoms with Crippen molar-refractivity contribution < 1.29 is 18.0 Å². The molecule has 1 saturated carbocycles. The number of amides is 2. The van der Waals surface area contributed by atoms with Gasteiger partial charge < -0.3 is 10.2 Å². The first-order valence-corrected chi connectivity index (χ1v) is 14.8. The molecule has 2 aromatic carbocycles. The van der Waals surface area contributed by atoms with Crippen molar-refractivity contribution >= 4 is 62.3 Å². The van der Waals surface area contributed by atoms with Gasteiger partial charge in [-0.3, -0.25) is 13.9 Å². The third kappa shape index (κ3) is 7.06. The first-order valence-electron chi connectivity index (χ1n) is 11.8. The van der Waals surface area contributed by atoms with Gasteiger partial charge in [0.1, 0.15) is 12.6 Å². The molecule has 0 aliphatic heterocycles. The van der Waals surface area contributed by atoms with Crippen LogP contribution < -0.4 is 9.62 Å². The van der Waals surface area contributed by atoms with Crippen molar-refractivity contribution in [2.24, 2.45) is 0 Å². The van der Waals surface area contributed by atoms with E-state index in [9.17, 15) is 18.0 Å². The van der Waals surface area contributed by atoms with Crippen LogP contribution in [-0.2, 0) is 26.2 Å². The van der Waals surface area contributed by atoms with E-state index in [1.54, 1.807) is 43.3 Å². The van der Waals surface area contributed by atoms with Crippen molar-refractivity contribution in [3.8, 4) is 0 Å². The molecule has 0 radical (unpaired) electrons. The van der Waals surface area contributed by atoms with Gasteiger partial charge in [-0.25, -0.2) is 8.42 Å². The summed E-state index contributed by atoms with van der Waals surface area (Å²) in [6, 6.07) is 10.6. The molecule has 2 amide bonds. The Morgan fingerprint density at radius 2 is 1.58 bits per heavy atom. The summed E-state index contributed by atoms with van der Waals surface area (Å²) in [6.45, 7) is 1.20. The molecule has 3 rings (SSSR count). The molecule has 2 aromatic rings. The predicted octanol–water partition coefficient (Wildman–Crippen LogP) is 5.28. The van der Waals surface area contributed by atoms with E-state index < -0.39 is 28.5 Å². The lowest BCUT2D eigenvalue weighted by Gasteiger charge is -2.34. The second kappa shape index (κ2) is 12.5. The van der Waals surface area contributed by atoms with Gasteiger partial charge in [0.15, 0.2) is 0 Å². The Hall–Kier alpha value is -2.00. The molecule has 1 aliphatic carbocycles. The van der Waals surface area contributed by atoms with Crippen LogP contribution in [0.2, 0.25) is 15.1 Å². The summed E-state index contributed by atoms with van der Waals surface area (Å²) in [5.74, 6) is -0.866. The number of sulfonamides is 1. The molecule has 36 heavy (non-hydrogen) atoms. The zero-order valence-electron chi connectivity index (χ0n) is 20.2. The number of anilines is 1. The van der Waals surface area contributed by atoms with Gasteiger partial charge in [0.25, 0.3) is 0 Å². The largest absolute Gasteiger partial charge is 0.352 e. The fourth-order valence-corrected chi connectivity index (χ4v) is 6.06. The molecule has 0 aromatic heterocycles. The Bertz CT molecular complexity index is 1180. The van der Waals surface area contributed by atoms with E-state index in [2.05, 4.69) is 5.32 Å². The molecule has 11 heteroatoms. The van der Waals surface area contributed by atoms with Gasteiger partial charge >= 0.3 is 0 Å². The predicted molar refractivity (Wildman–Crippen MR) is 145 cm³/mol. The van der Waals surface area contributed by atoms with E-state index in [0.29, 0.717) is 22.0 Å². The summed E-state index contributed by atoms with van der Waals surface area (Å²) >= 11 is 19.0. The molecule has 0 spiro atoms. The molecule has 1 fully saturated rings.